The van der Waals surface area contributed by atoms with Crippen LogP contribution in [0.15, 0.2) is 42.1 Å². The van der Waals surface area contributed by atoms with Crippen molar-refractivity contribution in [2.45, 2.75) is 119 Å². The zero-order valence-electron chi connectivity index (χ0n) is 29.8. The number of nitriles is 1. The van der Waals surface area contributed by atoms with Gasteiger partial charge in [-0.05, 0) is 134 Å². The Hall–Kier alpha value is -3.31. The van der Waals surface area contributed by atoms with E-state index >= 15 is 0 Å². The van der Waals surface area contributed by atoms with Crippen molar-refractivity contribution in [1.82, 2.24) is 15.0 Å². The van der Waals surface area contributed by atoms with Gasteiger partial charge in [-0.1, -0.05) is 52.3 Å². The van der Waals surface area contributed by atoms with Crippen molar-refractivity contribution < 1.29 is 19.4 Å². The summed E-state index contributed by atoms with van der Waals surface area (Å²) < 4.78 is 7.57. The third-order valence-electron chi connectivity index (χ3n) is 15.2. The Labute approximate surface area is 285 Å². The van der Waals surface area contributed by atoms with E-state index in [1.807, 2.05) is 6.92 Å². The van der Waals surface area contributed by atoms with Crippen molar-refractivity contribution in [3.63, 3.8) is 0 Å². The minimum Gasteiger partial charge on any atom is -0.459 e. The van der Waals surface area contributed by atoms with Crippen LogP contribution in [0.1, 0.15) is 118 Å². The van der Waals surface area contributed by atoms with Gasteiger partial charge in [-0.25, -0.2) is 4.68 Å². The molecule has 4 fully saturated rings. The standard InChI is InChI=1S/C40H52N4O4/c1-35(2)31-12-15-40(7)33(38(31,5)14-13-32(35)46)30(45)20-28-29-21-37(4,17-16-36(29,3)18-19-39(28,40)6)34(47)48-24-26-23-44(43-42-26)27-10-8-25(22-41)9-11-27/h8-11,20,23,29,31-33,46H,12-19,21,24H2,1-7H3/t29-,31-,32-,33+,36+,37-,38-,39+,40+/m0/s1. The van der Waals surface area contributed by atoms with Crippen molar-refractivity contribution >= 4 is 11.8 Å². The van der Waals surface area contributed by atoms with Gasteiger partial charge in [0.15, 0.2) is 5.78 Å². The summed E-state index contributed by atoms with van der Waals surface area (Å²) in [5, 5.41) is 28.5. The van der Waals surface area contributed by atoms with Crippen molar-refractivity contribution in [3.8, 4) is 11.8 Å². The maximum absolute atomic E-state index is 14.6. The highest BCUT2D eigenvalue weighted by atomic mass is 16.5. The van der Waals surface area contributed by atoms with Crippen molar-refractivity contribution in [1.29, 1.82) is 5.26 Å². The fourth-order valence-corrected chi connectivity index (χ4v) is 11.8. The molecule has 8 heteroatoms. The molecule has 1 aromatic carbocycles. The van der Waals surface area contributed by atoms with Gasteiger partial charge in [-0.2, -0.15) is 5.26 Å². The Morgan fingerprint density at radius 1 is 1.00 bits per heavy atom. The van der Waals surface area contributed by atoms with Gasteiger partial charge in [0.25, 0.3) is 0 Å². The van der Waals surface area contributed by atoms with Gasteiger partial charge < -0.3 is 9.84 Å². The van der Waals surface area contributed by atoms with Crippen LogP contribution in [-0.4, -0.2) is 38.0 Å². The molecule has 0 unspecified atom stereocenters. The molecule has 48 heavy (non-hydrogen) atoms. The molecule has 0 spiro atoms. The average Bonchev–Trinajstić information content (AvgIpc) is 3.53. The number of fused-ring (bicyclic) bond motifs is 7. The van der Waals surface area contributed by atoms with Crippen molar-refractivity contribution in [2.24, 2.45) is 50.2 Å². The number of benzene rings is 1. The fraction of sp³-hybridized carbons (Fsp3) is 0.675. The lowest BCUT2D eigenvalue weighted by atomic mass is 9.33. The summed E-state index contributed by atoms with van der Waals surface area (Å²) >= 11 is 0. The van der Waals surface area contributed by atoms with Gasteiger partial charge in [-0.3, -0.25) is 9.59 Å². The van der Waals surface area contributed by atoms with E-state index in [0.717, 1.165) is 57.1 Å². The fourth-order valence-electron chi connectivity index (χ4n) is 11.8. The maximum atomic E-state index is 14.6. The van der Waals surface area contributed by atoms with E-state index < -0.39 is 5.41 Å². The lowest BCUT2D eigenvalue weighted by molar-refractivity contribution is -0.202. The lowest BCUT2D eigenvalue weighted by Crippen LogP contribution is -2.66. The summed E-state index contributed by atoms with van der Waals surface area (Å²) in [5.41, 5.74) is 1.89. The molecule has 1 N–H and O–H groups in total. The second-order valence-electron chi connectivity index (χ2n) is 18.0. The number of allylic oxidation sites excluding steroid dienone is 2. The number of hydrogen-bond acceptors (Lipinski definition) is 7. The Morgan fingerprint density at radius 3 is 2.42 bits per heavy atom. The minimum absolute atomic E-state index is 0.0378. The number of hydrogen-bond donors (Lipinski definition) is 1. The molecule has 5 aliphatic rings. The molecule has 0 bridgehead atoms. The molecule has 8 nitrogen and oxygen atoms in total. The van der Waals surface area contributed by atoms with Gasteiger partial charge in [0.2, 0.25) is 0 Å². The minimum atomic E-state index is -0.666. The number of ketones is 1. The van der Waals surface area contributed by atoms with Crippen LogP contribution in [0.2, 0.25) is 0 Å². The van der Waals surface area contributed by atoms with Crippen LogP contribution in [0.25, 0.3) is 5.69 Å². The normalized spacial score (nSPS) is 41.5. The number of aromatic nitrogens is 3. The molecule has 1 heterocycles. The number of ether oxygens (including phenoxy) is 1. The molecule has 0 aliphatic heterocycles. The average molecular weight is 653 g/mol. The second kappa shape index (κ2) is 10.8. The number of nitrogens with zero attached hydrogens (tertiary/aromatic N) is 4. The summed E-state index contributed by atoms with van der Waals surface area (Å²) in [4.78, 5) is 28.5. The van der Waals surface area contributed by atoms with Crippen LogP contribution < -0.4 is 0 Å². The van der Waals surface area contributed by atoms with Gasteiger partial charge in [0.05, 0.1) is 35.0 Å². The van der Waals surface area contributed by atoms with E-state index in [0.29, 0.717) is 23.6 Å². The first-order valence-corrected chi connectivity index (χ1v) is 18.0. The molecule has 256 valence electrons. The molecule has 0 amide bonds. The second-order valence-corrected chi connectivity index (χ2v) is 18.0. The Balaban J connectivity index is 1.13. The summed E-state index contributed by atoms with van der Waals surface area (Å²) in [5.74, 6) is 0.436. The molecular formula is C40H52N4O4. The van der Waals surface area contributed by atoms with Crippen molar-refractivity contribution in [3.05, 3.63) is 53.4 Å². The zero-order chi connectivity index (χ0) is 34.5. The third-order valence-corrected chi connectivity index (χ3v) is 15.2. The monoisotopic (exact) mass is 652 g/mol. The highest BCUT2D eigenvalue weighted by Crippen LogP contribution is 2.75. The SMILES string of the molecule is CC1(C)[C@@H](O)CC[C@]2(C)[C@H]3C(=O)C=C4[C@@H]5C[C@@](C)(C(=O)OCc6cn(-c7ccc(C#N)cc7)nn6)CC[C@]5(C)CC[C@@]4(C)[C@]3(C)CC[C@@H]12. The molecule has 0 saturated heterocycles. The summed E-state index contributed by atoms with van der Waals surface area (Å²) in [6, 6.07) is 9.19. The van der Waals surface area contributed by atoms with E-state index in [9.17, 15) is 14.7 Å². The molecule has 2 aromatic rings. The maximum Gasteiger partial charge on any atom is 0.312 e. The first kappa shape index (κ1) is 33.2. The Kier molecular flexibility index (Phi) is 7.50. The number of carbonyl (C=O) groups is 2. The van der Waals surface area contributed by atoms with Crippen LogP contribution >= 0.6 is 0 Å². The molecule has 7 rings (SSSR count). The lowest BCUT2D eigenvalue weighted by Gasteiger charge is -2.70. The predicted octanol–water partition coefficient (Wildman–Crippen LogP) is 7.52. The van der Waals surface area contributed by atoms with Crippen LogP contribution in [0.5, 0.6) is 0 Å². The van der Waals surface area contributed by atoms with E-state index in [2.05, 4.69) is 64.0 Å². The number of rotatable bonds is 4. The highest BCUT2D eigenvalue weighted by molar-refractivity contribution is 5.95. The van der Waals surface area contributed by atoms with Gasteiger partial charge in [0.1, 0.15) is 12.3 Å². The number of carbonyl (C=O) groups excluding carboxylic acids is 2. The smallest absolute Gasteiger partial charge is 0.312 e. The molecule has 0 radical (unpaired) electrons. The van der Waals surface area contributed by atoms with Crippen LogP contribution in [0, 0.1) is 61.6 Å². The largest absolute Gasteiger partial charge is 0.459 e. The highest BCUT2D eigenvalue weighted by Gasteiger charge is 2.70. The quantitative estimate of drug-likeness (QED) is 0.339. The topological polar surface area (TPSA) is 118 Å². The van der Waals surface area contributed by atoms with Gasteiger partial charge >= 0.3 is 5.97 Å². The van der Waals surface area contributed by atoms with E-state index in [1.165, 1.54) is 5.57 Å². The first-order valence-electron chi connectivity index (χ1n) is 18.0. The van der Waals surface area contributed by atoms with Crippen molar-refractivity contribution in [2.75, 3.05) is 0 Å². The van der Waals surface area contributed by atoms with Gasteiger partial charge in [0, 0.05) is 5.92 Å². The molecular weight excluding hydrogens is 600 g/mol. The summed E-state index contributed by atoms with van der Waals surface area (Å²) in [6.07, 6.45) is 11.6. The van der Waals surface area contributed by atoms with Crippen LogP contribution in [-0.2, 0) is 20.9 Å². The predicted molar refractivity (Wildman–Crippen MR) is 181 cm³/mol. The number of aliphatic hydroxyl groups excluding tert-OH is 1. The van der Waals surface area contributed by atoms with E-state index in [4.69, 9.17) is 10.00 Å². The molecule has 4 saturated carbocycles. The first-order chi connectivity index (χ1) is 22.5. The Bertz CT molecular complexity index is 1720. The Morgan fingerprint density at radius 2 is 1.71 bits per heavy atom. The number of aliphatic hydroxyl groups is 1. The van der Waals surface area contributed by atoms with Crippen LogP contribution in [0.3, 0.4) is 0 Å². The molecule has 5 aliphatic carbocycles. The van der Waals surface area contributed by atoms with E-state index in [-0.39, 0.29) is 63.4 Å². The number of esters is 1. The zero-order valence-corrected chi connectivity index (χ0v) is 29.8. The third kappa shape index (κ3) is 4.62. The summed E-state index contributed by atoms with van der Waals surface area (Å²) in [7, 11) is 0. The van der Waals surface area contributed by atoms with Gasteiger partial charge in [-0.15, -0.1) is 5.10 Å². The van der Waals surface area contributed by atoms with E-state index in [1.54, 1.807) is 35.1 Å². The molecule has 1 aromatic heterocycles. The molecule has 9 atom stereocenters. The van der Waals surface area contributed by atoms with Crippen LogP contribution in [0.4, 0.5) is 0 Å². The summed E-state index contributed by atoms with van der Waals surface area (Å²) in [6.45, 7) is 16.1.